The van der Waals surface area contributed by atoms with Gasteiger partial charge in [0.25, 0.3) is 0 Å². The molecule has 0 saturated heterocycles. The van der Waals surface area contributed by atoms with Gasteiger partial charge in [0.15, 0.2) is 6.04 Å². The number of carboxylic acids is 1. The Labute approximate surface area is 153 Å². The van der Waals surface area contributed by atoms with Crippen LogP contribution in [-0.2, 0) is 23.1 Å². The molecule has 0 aliphatic rings. The Balaban J connectivity index is 3.03. The molecule has 1 aromatic carbocycles. The number of amides is 1. The van der Waals surface area contributed by atoms with Gasteiger partial charge < -0.3 is 24.2 Å². The van der Waals surface area contributed by atoms with Gasteiger partial charge in [-0.2, -0.15) is 0 Å². The number of hydrogen-bond donors (Lipinski definition) is 2. The van der Waals surface area contributed by atoms with Crippen molar-refractivity contribution >= 4 is 25.0 Å². The number of ether oxygens (including phenoxy) is 1. The van der Waals surface area contributed by atoms with E-state index < -0.39 is 31.3 Å². The standard InChI is InChI=1S/C17H26NO7P/c1-6-23-26(22,24-7-2)13-10-8-12(9-11-13)14(15(19)20)18-16(21)25-17(3,4)5/h8-11,14H,6-7H2,1-5H3,(H,18,21)(H,19,20). The van der Waals surface area contributed by atoms with Gasteiger partial charge in [0.05, 0.1) is 18.5 Å². The molecule has 8 nitrogen and oxygen atoms in total. The highest BCUT2D eigenvalue weighted by Crippen LogP contribution is 2.46. The third-order valence-corrected chi connectivity index (χ3v) is 5.18. The lowest BCUT2D eigenvalue weighted by Gasteiger charge is -2.22. The molecule has 2 N–H and O–H groups in total. The second-order valence-electron chi connectivity index (χ2n) is 6.34. The van der Waals surface area contributed by atoms with Gasteiger partial charge >= 0.3 is 19.7 Å². The zero-order chi connectivity index (χ0) is 20.0. The highest BCUT2D eigenvalue weighted by Gasteiger charge is 2.29. The third-order valence-electron chi connectivity index (χ3n) is 3.05. The van der Waals surface area contributed by atoms with Crippen LogP contribution in [0.4, 0.5) is 4.79 Å². The fourth-order valence-corrected chi connectivity index (χ4v) is 3.66. The molecule has 0 aromatic heterocycles. The number of carboxylic acid groups (broad SMARTS) is 1. The molecule has 0 heterocycles. The molecule has 1 unspecified atom stereocenters. The molecule has 0 radical (unpaired) electrons. The Hall–Kier alpha value is -1.89. The van der Waals surface area contributed by atoms with E-state index in [0.29, 0.717) is 10.9 Å². The number of carbonyl (C=O) groups is 2. The van der Waals surface area contributed by atoms with Crippen LogP contribution < -0.4 is 10.6 Å². The van der Waals surface area contributed by atoms with Gasteiger partial charge in [-0.25, -0.2) is 9.59 Å². The van der Waals surface area contributed by atoms with Crippen molar-refractivity contribution in [2.45, 2.75) is 46.3 Å². The quantitative estimate of drug-likeness (QED) is 0.659. The molecule has 1 amide bonds. The molecule has 1 aromatic rings. The van der Waals surface area contributed by atoms with Gasteiger partial charge in [-0.3, -0.25) is 4.57 Å². The molecule has 0 aliphatic heterocycles. The second kappa shape index (κ2) is 9.16. The van der Waals surface area contributed by atoms with E-state index in [1.54, 1.807) is 34.6 Å². The maximum atomic E-state index is 12.7. The monoisotopic (exact) mass is 387 g/mol. The van der Waals surface area contributed by atoms with Crippen LogP contribution in [0.2, 0.25) is 0 Å². The first-order valence-electron chi connectivity index (χ1n) is 8.24. The number of rotatable bonds is 8. The fourth-order valence-electron chi connectivity index (χ4n) is 2.09. The van der Waals surface area contributed by atoms with Crippen LogP contribution in [-0.4, -0.2) is 36.0 Å². The van der Waals surface area contributed by atoms with Crippen molar-refractivity contribution in [3.05, 3.63) is 29.8 Å². The van der Waals surface area contributed by atoms with Crippen molar-refractivity contribution in [1.29, 1.82) is 0 Å². The summed E-state index contributed by atoms with van der Waals surface area (Å²) in [5, 5.41) is 12.0. The lowest BCUT2D eigenvalue weighted by Crippen LogP contribution is -2.38. The summed E-state index contributed by atoms with van der Waals surface area (Å²) in [5.41, 5.74) is -0.454. The van der Waals surface area contributed by atoms with Crippen LogP contribution in [0, 0.1) is 0 Å². The molecule has 0 aliphatic carbocycles. The van der Waals surface area contributed by atoms with Gasteiger partial charge in [0.1, 0.15) is 5.60 Å². The lowest BCUT2D eigenvalue weighted by atomic mass is 10.1. The first-order valence-corrected chi connectivity index (χ1v) is 9.78. The highest BCUT2D eigenvalue weighted by molar-refractivity contribution is 7.62. The van der Waals surface area contributed by atoms with Crippen LogP contribution >= 0.6 is 7.60 Å². The van der Waals surface area contributed by atoms with Gasteiger partial charge in [-0.1, -0.05) is 12.1 Å². The molecule has 146 valence electrons. The predicted molar refractivity (Wildman–Crippen MR) is 96.7 cm³/mol. The van der Waals surface area contributed by atoms with Gasteiger partial charge in [0, 0.05) is 0 Å². The number of hydrogen-bond acceptors (Lipinski definition) is 6. The second-order valence-corrected chi connectivity index (χ2v) is 8.37. The molecular weight excluding hydrogens is 361 g/mol. The average molecular weight is 387 g/mol. The zero-order valence-electron chi connectivity index (χ0n) is 15.6. The van der Waals surface area contributed by atoms with E-state index >= 15 is 0 Å². The van der Waals surface area contributed by atoms with Gasteiger partial charge in [-0.15, -0.1) is 0 Å². The first-order chi connectivity index (χ1) is 12.0. The Kier molecular flexibility index (Phi) is 7.81. The van der Waals surface area contributed by atoms with E-state index in [4.69, 9.17) is 13.8 Å². The number of aliphatic carboxylic acids is 1. The molecule has 0 spiro atoms. The van der Waals surface area contributed by atoms with E-state index in [0.717, 1.165) is 0 Å². The number of benzene rings is 1. The Morgan fingerprint density at radius 1 is 1.12 bits per heavy atom. The van der Waals surface area contributed by atoms with Gasteiger partial charge in [-0.05, 0) is 52.3 Å². The summed E-state index contributed by atoms with van der Waals surface area (Å²) in [7, 11) is -3.46. The molecule has 0 fully saturated rings. The minimum absolute atomic E-state index is 0.205. The van der Waals surface area contributed by atoms with E-state index in [-0.39, 0.29) is 13.2 Å². The molecule has 0 saturated carbocycles. The summed E-state index contributed by atoms with van der Waals surface area (Å²) in [6, 6.07) is 4.53. The maximum Gasteiger partial charge on any atom is 0.408 e. The number of nitrogens with one attached hydrogen (secondary N) is 1. The highest BCUT2D eigenvalue weighted by atomic mass is 31.2. The van der Waals surface area contributed by atoms with Crippen LogP contribution in [0.25, 0.3) is 0 Å². The Morgan fingerprint density at radius 3 is 2.00 bits per heavy atom. The lowest BCUT2D eigenvalue weighted by molar-refractivity contribution is -0.139. The van der Waals surface area contributed by atoms with Crippen molar-refractivity contribution in [2.75, 3.05) is 13.2 Å². The molecule has 26 heavy (non-hydrogen) atoms. The van der Waals surface area contributed by atoms with E-state index in [9.17, 15) is 19.3 Å². The van der Waals surface area contributed by atoms with Crippen LogP contribution in [0.5, 0.6) is 0 Å². The number of carbonyl (C=O) groups excluding carboxylic acids is 1. The normalized spacial score (nSPS) is 13.1. The van der Waals surface area contributed by atoms with Crippen molar-refractivity contribution < 1.29 is 33.0 Å². The smallest absolute Gasteiger partial charge is 0.408 e. The molecular formula is C17H26NO7P. The zero-order valence-corrected chi connectivity index (χ0v) is 16.5. The minimum Gasteiger partial charge on any atom is -0.479 e. The van der Waals surface area contributed by atoms with Crippen LogP contribution in [0.1, 0.15) is 46.2 Å². The number of alkyl carbamates (subject to hydrolysis) is 1. The average Bonchev–Trinajstić information content (AvgIpc) is 2.51. The molecule has 1 rings (SSSR count). The summed E-state index contributed by atoms with van der Waals surface area (Å²) in [4.78, 5) is 23.4. The van der Waals surface area contributed by atoms with E-state index in [2.05, 4.69) is 5.32 Å². The van der Waals surface area contributed by atoms with Crippen LogP contribution in [0.3, 0.4) is 0 Å². The van der Waals surface area contributed by atoms with Crippen LogP contribution in [0.15, 0.2) is 24.3 Å². The SMILES string of the molecule is CCOP(=O)(OCC)c1ccc(C(NC(=O)OC(C)(C)C)C(=O)O)cc1. The third kappa shape index (κ3) is 6.44. The van der Waals surface area contributed by atoms with E-state index in [1.807, 2.05) is 0 Å². The molecule has 0 bridgehead atoms. The van der Waals surface area contributed by atoms with Crippen molar-refractivity contribution in [3.63, 3.8) is 0 Å². The van der Waals surface area contributed by atoms with Crippen molar-refractivity contribution in [2.24, 2.45) is 0 Å². The fraction of sp³-hybridized carbons (Fsp3) is 0.529. The molecule has 9 heteroatoms. The topological polar surface area (TPSA) is 111 Å². The summed E-state index contributed by atoms with van der Waals surface area (Å²) in [6.07, 6.45) is -0.844. The maximum absolute atomic E-state index is 12.7. The van der Waals surface area contributed by atoms with Gasteiger partial charge in [0.2, 0.25) is 0 Å². The minimum atomic E-state index is -3.46. The predicted octanol–water partition coefficient (Wildman–Crippen LogP) is 3.23. The Bertz CT molecular complexity index is 657. The van der Waals surface area contributed by atoms with Crippen molar-refractivity contribution in [1.82, 2.24) is 5.32 Å². The van der Waals surface area contributed by atoms with E-state index in [1.165, 1.54) is 24.3 Å². The van der Waals surface area contributed by atoms with Crippen molar-refractivity contribution in [3.8, 4) is 0 Å². The molecule has 1 atom stereocenters. The largest absolute Gasteiger partial charge is 0.479 e. The summed E-state index contributed by atoms with van der Waals surface area (Å²) < 4.78 is 28.3. The Morgan fingerprint density at radius 2 is 1.62 bits per heavy atom. The first kappa shape index (κ1) is 22.2. The summed E-state index contributed by atoms with van der Waals surface area (Å²) in [5.74, 6) is -1.25. The summed E-state index contributed by atoms with van der Waals surface area (Å²) in [6.45, 7) is 8.84. The summed E-state index contributed by atoms with van der Waals surface area (Å²) >= 11 is 0.